The molecule has 102 valence electrons. The molecule has 0 aliphatic heterocycles. The maximum absolute atomic E-state index is 11.4. The van der Waals surface area contributed by atoms with Gasteiger partial charge in [0.15, 0.2) is 5.76 Å². The lowest BCUT2D eigenvalue weighted by molar-refractivity contribution is 0.0921. The van der Waals surface area contributed by atoms with Gasteiger partial charge in [0.05, 0.1) is 6.54 Å². The summed E-state index contributed by atoms with van der Waals surface area (Å²) in [4.78, 5) is 13.6. The van der Waals surface area contributed by atoms with Gasteiger partial charge in [-0.15, -0.1) is 0 Å². The van der Waals surface area contributed by atoms with Crippen LogP contribution in [0.2, 0.25) is 0 Å². The summed E-state index contributed by atoms with van der Waals surface area (Å²) >= 11 is 0. The molecule has 1 atom stereocenters. The van der Waals surface area contributed by atoms with E-state index in [4.69, 9.17) is 10.3 Å². The molecule has 0 aromatic carbocycles. The predicted octanol–water partition coefficient (Wildman–Crippen LogP) is 1.67. The van der Waals surface area contributed by atoms with Gasteiger partial charge >= 0.3 is 5.91 Å². The number of nitrogens with one attached hydrogen (secondary N) is 1. The van der Waals surface area contributed by atoms with Crippen LogP contribution in [0.5, 0.6) is 0 Å². The first kappa shape index (κ1) is 14.7. The molecule has 1 aromatic rings. The van der Waals surface area contributed by atoms with Crippen molar-refractivity contribution in [3.05, 3.63) is 23.2 Å². The van der Waals surface area contributed by atoms with E-state index in [1.165, 1.54) is 0 Å². The Balaban J connectivity index is 2.65. The van der Waals surface area contributed by atoms with Crippen LogP contribution in [0, 0.1) is 12.8 Å². The second-order valence-corrected chi connectivity index (χ2v) is 4.91. The van der Waals surface area contributed by atoms with Gasteiger partial charge in [0.2, 0.25) is 0 Å². The number of hydrogen-bond acceptors (Lipinski definition) is 4. The third kappa shape index (κ3) is 3.85. The van der Waals surface area contributed by atoms with Crippen molar-refractivity contribution in [2.75, 3.05) is 13.6 Å². The zero-order chi connectivity index (χ0) is 13.7. The monoisotopic (exact) mass is 253 g/mol. The lowest BCUT2D eigenvalue weighted by Crippen LogP contribution is -2.30. The van der Waals surface area contributed by atoms with Crippen LogP contribution < -0.4 is 11.3 Å². The minimum atomic E-state index is -0.386. The topological polar surface area (TPSA) is 71.5 Å². The Morgan fingerprint density at radius 2 is 2.28 bits per heavy atom. The van der Waals surface area contributed by atoms with Gasteiger partial charge in [0, 0.05) is 12.1 Å². The van der Waals surface area contributed by atoms with Crippen molar-refractivity contribution in [1.82, 2.24) is 10.3 Å². The summed E-state index contributed by atoms with van der Waals surface area (Å²) in [5.74, 6) is 6.45. The van der Waals surface area contributed by atoms with E-state index in [1.54, 1.807) is 0 Å². The fourth-order valence-corrected chi connectivity index (χ4v) is 1.91. The largest absolute Gasteiger partial charge is 0.454 e. The van der Waals surface area contributed by atoms with E-state index in [0.717, 1.165) is 24.3 Å². The van der Waals surface area contributed by atoms with Gasteiger partial charge in [0.25, 0.3) is 0 Å². The summed E-state index contributed by atoms with van der Waals surface area (Å²) in [6.07, 6.45) is 1.16. The molecule has 1 rings (SSSR count). The highest BCUT2D eigenvalue weighted by Gasteiger charge is 2.15. The van der Waals surface area contributed by atoms with Crippen LogP contribution in [-0.2, 0) is 6.54 Å². The van der Waals surface area contributed by atoms with E-state index in [2.05, 4.69) is 24.2 Å². The standard InChI is InChI=1S/C13H23N3O2/c1-5-9(2)7-16(4)8-11-6-10(3)12(18-11)13(17)15-14/h6,9H,5,7-8,14H2,1-4H3,(H,15,17). The predicted molar refractivity (Wildman–Crippen MR) is 70.9 cm³/mol. The maximum atomic E-state index is 11.4. The molecular weight excluding hydrogens is 230 g/mol. The Morgan fingerprint density at radius 3 is 2.83 bits per heavy atom. The molecule has 0 saturated heterocycles. The Hall–Kier alpha value is -1.33. The number of carbonyl (C=O) groups is 1. The van der Waals surface area contributed by atoms with E-state index >= 15 is 0 Å². The smallest absolute Gasteiger partial charge is 0.301 e. The van der Waals surface area contributed by atoms with Gasteiger partial charge in [-0.1, -0.05) is 20.3 Å². The van der Waals surface area contributed by atoms with Crippen molar-refractivity contribution in [3.8, 4) is 0 Å². The van der Waals surface area contributed by atoms with Crippen molar-refractivity contribution in [1.29, 1.82) is 0 Å². The van der Waals surface area contributed by atoms with Gasteiger partial charge < -0.3 is 4.42 Å². The molecule has 5 nitrogen and oxygen atoms in total. The first-order valence-corrected chi connectivity index (χ1v) is 6.26. The third-order valence-electron chi connectivity index (χ3n) is 3.05. The van der Waals surface area contributed by atoms with Gasteiger partial charge in [-0.05, 0) is 26.0 Å². The maximum Gasteiger partial charge on any atom is 0.301 e. The number of nitrogens with zero attached hydrogens (tertiary/aromatic N) is 1. The fraction of sp³-hybridized carbons (Fsp3) is 0.615. The lowest BCUT2D eigenvalue weighted by Gasteiger charge is -2.18. The molecule has 0 spiro atoms. The molecule has 0 bridgehead atoms. The number of hydrazine groups is 1. The van der Waals surface area contributed by atoms with E-state index in [1.807, 2.05) is 20.0 Å². The van der Waals surface area contributed by atoms with Gasteiger partial charge in [-0.2, -0.15) is 0 Å². The number of rotatable bonds is 6. The Kier molecular flexibility index (Phi) is 5.37. The van der Waals surface area contributed by atoms with E-state index in [-0.39, 0.29) is 5.91 Å². The van der Waals surface area contributed by atoms with Crippen LogP contribution in [0.1, 0.15) is 42.1 Å². The quantitative estimate of drug-likeness (QED) is 0.459. The second kappa shape index (κ2) is 6.56. The highest BCUT2D eigenvalue weighted by molar-refractivity contribution is 5.92. The number of hydrogen-bond donors (Lipinski definition) is 2. The molecule has 0 aliphatic carbocycles. The minimum absolute atomic E-state index is 0.296. The summed E-state index contributed by atoms with van der Waals surface area (Å²) in [6, 6.07) is 1.89. The van der Waals surface area contributed by atoms with Gasteiger partial charge in [-0.25, -0.2) is 5.84 Å². The van der Waals surface area contributed by atoms with Crippen LogP contribution in [0.15, 0.2) is 10.5 Å². The zero-order valence-corrected chi connectivity index (χ0v) is 11.6. The van der Waals surface area contributed by atoms with E-state index in [9.17, 15) is 4.79 Å². The molecule has 0 saturated carbocycles. The number of aryl methyl sites for hydroxylation is 1. The van der Waals surface area contributed by atoms with Crippen LogP contribution in [-0.4, -0.2) is 24.4 Å². The number of furan rings is 1. The van der Waals surface area contributed by atoms with Crippen LogP contribution in [0.3, 0.4) is 0 Å². The van der Waals surface area contributed by atoms with Gasteiger partial charge in [0.1, 0.15) is 5.76 Å². The summed E-state index contributed by atoms with van der Waals surface area (Å²) in [5.41, 5.74) is 2.89. The minimum Gasteiger partial charge on any atom is -0.454 e. The average Bonchev–Trinajstić information content (AvgIpc) is 2.68. The first-order valence-electron chi connectivity index (χ1n) is 6.26. The number of nitrogens with two attached hydrogens (primary N) is 1. The molecule has 18 heavy (non-hydrogen) atoms. The highest BCUT2D eigenvalue weighted by atomic mass is 16.4. The molecule has 0 fully saturated rings. The Bertz CT molecular complexity index is 401. The Labute approximate surface area is 108 Å². The zero-order valence-electron chi connectivity index (χ0n) is 11.6. The SMILES string of the molecule is CCC(C)CN(C)Cc1cc(C)c(C(=O)NN)o1. The fourth-order valence-electron chi connectivity index (χ4n) is 1.91. The summed E-state index contributed by atoms with van der Waals surface area (Å²) in [6.45, 7) is 7.94. The molecule has 3 N–H and O–H groups in total. The molecular formula is C13H23N3O2. The van der Waals surface area contributed by atoms with Crippen LogP contribution in [0.25, 0.3) is 0 Å². The van der Waals surface area contributed by atoms with E-state index in [0.29, 0.717) is 18.2 Å². The second-order valence-electron chi connectivity index (χ2n) is 4.91. The van der Waals surface area contributed by atoms with Crippen molar-refractivity contribution < 1.29 is 9.21 Å². The molecule has 1 amide bonds. The number of carbonyl (C=O) groups excluding carboxylic acids is 1. The molecule has 1 aromatic heterocycles. The van der Waals surface area contributed by atoms with Crippen molar-refractivity contribution >= 4 is 5.91 Å². The van der Waals surface area contributed by atoms with Crippen molar-refractivity contribution in [2.24, 2.45) is 11.8 Å². The summed E-state index contributed by atoms with van der Waals surface area (Å²) in [5, 5.41) is 0. The lowest BCUT2D eigenvalue weighted by atomic mass is 10.1. The number of nitrogen functional groups attached to an aromatic ring is 1. The Morgan fingerprint density at radius 1 is 1.61 bits per heavy atom. The molecule has 5 heteroatoms. The molecule has 0 radical (unpaired) electrons. The third-order valence-corrected chi connectivity index (χ3v) is 3.05. The van der Waals surface area contributed by atoms with Gasteiger partial charge in [-0.3, -0.25) is 15.1 Å². The first-order chi connectivity index (χ1) is 8.47. The summed E-state index contributed by atoms with van der Waals surface area (Å²) in [7, 11) is 2.05. The average molecular weight is 253 g/mol. The molecule has 0 aliphatic rings. The van der Waals surface area contributed by atoms with Crippen LogP contribution >= 0.6 is 0 Å². The van der Waals surface area contributed by atoms with Crippen LogP contribution in [0.4, 0.5) is 0 Å². The summed E-state index contributed by atoms with van der Waals surface area (Å²) < 4.78 is 5.52. The normalized spacial score (nSPS) is 12.8. The molecule has 1 heterocycles. The van der Waals surface area contributed by atoms with Crippen molar-refractivity contribution in [3.63, 3.8) is 0 Å². The molecule has 1 unspecified atom stereocenters. The van der Waals surface area contributed by atoms with E-state index < -0.39 is 0 Å². The highest BCUT2D eigenvalue weighted by Crippen LogP contribution is 2.16. The number of amides is 1. The van der Waals surface area contributed by atoms with Crippen molar-refractivity contribution in [2.45, 2.75) is 33.7 Å².